The number of carbonyl (C=O) groups excluding carboxylic acids is 1. The van der Waals surface area contributed by atoms with Crippen LogP contribution in [0.25, 0.3) is 17.1 Å². The number of anilines is 1. The van der Waals surface area contributed by atoms with Gasteiger partial charge in [-0.05, 0) is 24.5 Å². The number of fused-ring (bicyclic) bond motifs is 1. The number of ether oxygens (including phenoxy) is 2. The van der Waals surface area contributed by atoms with Crippen LogP contribution in [0.4, 0.5) is 19.0 Å². The Kier molecular flexibility index (Phi) is 5.96. The van der Waals surface area contributed by atoms with Crippen LogP contribution in [0.1, 0.15) is 42.1 Å². The largest absolute Gasteiger partial charge is 0.481 e. The number of aromatic nitrogens is 7. The van der Waals surface area contributed by atoms with Crippen molar-refractivity contribution in [2.75, 3.05) is 19.1 Å². The topological polar surface area (TPSA) is 113 Å². The van der Waals surface area contributed by atoms with Crippen LogP contribution in [-0.4, -0.2) is 54.6 Å². The van der Waals surface area contributed by atoms with Crippen LogP contribution in [0, 0.1) is 0 Å². The number of amides is 1. The van der Waals surface area contributed by atoms with Gasteiger partial charge in [-0.1, -0.05) is 6.07 Å². The average Bonchev–Trinajstić information content (AvgIpc) is 3.53. The first kappa shape index (κ1) is 24.8. The molecule has 1 aliphatic heterocycles. The van der Waals surface area contributed by atoms with Crippen molar-refractivity contribution in [2.24, 2.45) is 0 Å². The molecule has 4 aromatic rings. The summed E-state index contributed by atoms with van der Waals surface area (Å²) in [4.78, 5) is 27.6. The number of pyridine rings is 1. The summed E-state index contributed by atoms with van der Waals surface area (Å²) in [7, 11) is 2.81. The summed E-state index contributed by atoms with van der Waals surface area (Å²) in [5, 5.41) is 8.34. The Balaban J connectivity index is 1.29. The van der Waals surface area contributed by atoms with E-state index in [1.165, 1.54) is 25.7 Å². The van der Waals surface area contributed by atoms with Crippen molar-refractivity contribution in [3.05, 3.63) is 53.7 Å². The highest BCUT2D eigenvalue weighted by atomic mass is 19.4. The van der Waals surface area contributed by atoms with Crippen LogP contribution < -0.4 is 14.4 Å². The summed E-state index contributed by atoms with van der Waals surface area (Å²) in [6, 6.07) is 5.84. The van der Waals surface area contributed by atoms with Crippen molar-refractivity contribution in [3.8, 4) is 28.8 Å². The van der Waals surface area contributed by atoms with Crippen molar-refractivity contribution in [1.82, 2.24) is 34.5 Å². The number of methoxy groups -OCH3 is 2. The predicted octanol–water partition coefficient (Wildman–Crippen LogP) is 3.77. The summed E-state index contributed by atoms with van der Waals surface area (Å²) >= 11 is 0. The Hall–Kier alpha value is -4.49. The standard InChI is InChI=1S/C25H23F3N8O3/c1-38-21-10-17(25(26,27)28)33-36(21)18-6-3-14(11-29-18)12-34-19-9-16(32-35(19)8-7-20(34)37)22-23(15-4-5-15)30-13-31-24(22)39-2/h3,6,9-11,13,15H,4-5,7-8,12H2,1-2H3. The zero-order chi connectivity index (χ0) is 27.3. The molecule has 2 aliphatic rings. The maximum absolute atomic E-state index is 13.1. The molecule has 0 saturated heterocycles. The highest BCUT2D eigenvalue weighted by Gasteiger charge is 2.36. The molecular formula is C25H23F3N8O3. The molecule has 0 bridgehead atoms. The van der Waals surface area contributed by atoms with Gasteiger partial charge in [-0.2, -0.15) is 28.1 Å². The third kappa shape index (κ3) is 4.55. The van der Waals surface area contributed by atoms with Gasteiger partial charge in [-0.15, -0.1) is 0 Å². The smallest absolute Gasteiger partial charge is 0.435 e. The normalized spacial score (nSPS) is 15.4. The van der Waals surface area contributed by atoms with Gasteiger partial charge in [-0.25, -0.2) is 19.6 Å². The van der Waals surface area contributed by atoms with E-state index in [0.29, 0.717) is 35.4 Å². The minimum Gasteiger partial charge on any atom is -0.481 e. The molecule has 11 nitrogen and oxygen atoms in total. The number of hydrogen-bond donors (Lipinski definition) is 0. The van der Waals surface area contributed by atoms with Gasteiger partial charge in [0.15, 0.2) is 11.5 Å². The molecular weight excluding hydrogens is 517 g/mol. The van der Waals surface area contributed by atoms with E-state index in [2.05, 4.69) is 20.1 Å². The summed E-state index contributed by atoms with van der Waals surface area (Å²) < 4.78 is 52.7. The van der Waals surface area contributed by atoms with Crippen molar-refractivity contribution in [3.63, 3.8) is 0 Å². The minimum atomic E-state index is -4.62. The fourth-order valence-corrected chi connectivity index (χ4v) is 4.62. The molecule has 39 heavy (non-hydrogen) atoms. The van der Waals surface area contributed by atoms with E-state index >= 15 is 0 Å². The molecule has 0 atom stereocenters. The predicted molar refractivity (Wildman–Crippen MR) is 130 cm³/mol. The summed E-state index contributed by atoms with van der Waals surface area (Å²) in [6.45, 7) is 0.621. The van der Waals surface area contributed by atoms with Crippen molar-refractivity contribution >= 4 is 11.7 Å². The molecule has 4 aromatic heterocycles. The molecule has 1 saturated carbocycles. The van der Waals surface area contributed by atoms with Gasteiger partial charge < -0.3 is 9.47 Å². The molecule has 5 heterocycles. The van der Waals surface area contributed by atoms with Crippen molar-refractivity contribution < 1.29 is 27.4 Å². The Labute approximate surface area is 220 Å². The molecule has 0 spiro atoms. The zero-order valence-corrected chi connectivity index (χ0v) is 21.0. The molecule has 6 rings (SSSR count). The SMILES string of the molecule is COc1ncnc(C2CC2)c1-c1cc2n(n1)CCC(=O)N2Cc1ccc(-n2nc(C(F)(F)F)cc2OC)nc1. The third-order valence-corrected chi connectivity index (χ3v) is 6.67. The first-order valence-corrected chi connectivity index (χ1v) is 12.2. The Morgan fingerprint density at radius 2 is 1.87 bits per heavy atom. The molecule has 202 valence electrons. The summed E-state index contributed by atoms with van der Waals surface area (Å²) in [5.74, 6) is 1.34. The molecule has 1 aliphatic carbocycles. The summed E-state index contributed by atoms with van der Waals surface area (Å²) in [6.07, 6.45) is 0.701. The molecule has 0 N–H and O–H groups in total. The maximum Gasteiger partial charge on any atom is 0.435 e. The van der Waals surface area contributed by atoms with E-state index in [4.69, 9.17) is 14.6 Å². The fourth-order valence-electron chi connectivity index (χ4n) is 4.62. The lowest BCUT2D eigenvalue weighted by Gasteiger charge is -2.27. The first-order valence-electron chi connectivity index (χ1n) is 12.2. The van der Waals surface area contributed by atoms with Crippen molar-refractivity contribution in [1.29, 1.82) is 0 Å². The zero-order valence-electron chi connectivity index (χ0n) is 21.0. The van der Waals surface area contributed by atoms with Crippen LogP contribution in [0.5, 0.6) is 11.8 Å². The number of hydrogen-bond acceptors (Lipinski definition) is 8. The van der Waals surface area contributed by atoms with E-state index in [0.717, 1.165) is 34.8 Å². The van der Waals surface area contributed by atoms with E-state index in [9.17, 15) is 18.0 Å². The van der Waals surface area contributed by atoms with Crippen LogP contribution in [0.15, 0.2) is 36.8 Å². The molecule has 0 aromatic carbocycles. The van der Waals surface area contributed by atoms with Crippen LogP contribution >= 0.6 is 0 Å². The van der Waals surface area contributed by atoms with E-state index in [1.54, 1.807) is 22.8 Å². The third-order valence-electron chi connectivity index (χ3n) is 6.67. The van der Waals surface area contributed by atoms with Crippen LogP contribution in [-0.2, 0) is 24.1 Å². The fraction of sp³-hybridized carbons (Fsp3) is 0.360. The Morgan fingerprint density at radius 1 is 1.05 bits per heavy atom. The number of nitrogens with zero attached hydrogens (tertiary/aromatic N) is 8. The van der Waals surface area contributed by atoms with E-state index in [1.807, 2.05) is 6.07 Å². The lowest BCUT2D eigenvalue weighted by molar-refractivity contribution is -0.141. The first-order chi connectivity index (χ1) is 18.8. The van der Waals surface area contributed by atoms with Crippen LogP contribution in [0.3, 0.4) is 0 Å². The molecule has 0 radical (unpaired) electrons. The second kappa shape index (κ2) is 9.36. The number of aryl methyl sites for hydroxylation is 1. The molecule has 0 unspecified atom stereocenters. The van der Waals surface area contributed by atoms with E-state index in [-0.39, 0.29) is 30.6 Å². The summed E-state index contributed by atoms with van der Waals surface area (Å²) in [5.41, 5.74) is 1.83. The van der Waals surface area contributed by atoms with Gasteiger partial charge in [-0.3, -0.25) is 9.69 Å². The quantitative estimate of drug-likeness (QED) is 0.348. The van der Waals surface area contributed by atoms with Crippen molar-refractivity contribution in [2.45, 2.75) is 44.4 Å². The van der Waals surface area contributed by atoms with Gasteiger partial charge in [0.05, 0.1) is 38.6 Å². The van der Waals surface area contributed by atoms with Crippen LogP contribution in [0.2, 0.25) is 0 Å². The second-order valence-electron chi connectivity index (χ2n) is 9.26. The lowest BCUT2D eigenvalue weighted by atomic mass is 10.1. The molecule has 14 heteroatoms. The number of alkyl halides is 3. The second-order valence-corrected chi connectivity index (χ2v) is 9.26. The highest BCUT2D eigenvalue weighted by Crippen LogP contribution is 2.46. The maximum atomic E-state index is 13.1. The van der Waals surface area contributed by atoms with Gasteiger partial charge in [0.1, 0.15) is 17.8 Å². The average molecular weight is 541 g/mol. The van der Waals surface area contributed by atoms with Gasteiger partial charge >= 0.3 is 6.18 Å². The Morgan fingerprint density at radius 3 is 2.54 bits per heavy atom. The van der Waals surface area contributed by atoms with E-state index < -0.39 is 11.9 Å². The lowest BCUT2D eigenvalue weighted by Crippen LogP contribution is -2.36. The number of rotatable bonds is 7. The minimum absolute atomic E-state index is 0.0831. The van der Waals surface area contributed by atoms with Gasteiger partial charge in [0.25, 0.3) is 0 Å². The van der Waals surface area contributed by atoms with Gasteiger partial charge in [0.2, 0.25) is 17.7 Å². The van der Waals surface area contributed by atoms with Gasteiger partial charge in [0, 0.05) is 30.7 Å². The molecule has 1 amide bonds. The molecule has 1 fully saturated rings. The Bertz CT molecular complexity index is 1540. The monoisotopic (exact) mass is 540 g/mol. The number of carbonyl (C=O) groups is 1. The highest BCUT2D eigenvalue weighted by molar-refractivity contribution is 5.94. The number of halogens is 3.